The van der Waals surface area contributed by atoms with Gasteiger partial charge in [-0.2, -0.15) is 0 Å². The molecule has 1 atom stereocenters. The summed E-state index contributed by atoms with van der Waals surface area (Å²) < 4.78 is 23.5. The molecule has 1 aromatic carbocycles. The number of sulfonamides is 1. The lowest BCUT2D eigenvalue weighted by molar-refractivity contribution is 0.0674. The summed E-state index contributed by atoms with van der Waals surface area (Å²) in [7, 11) is -1.94. The molecule has 0 radical (unpaired) electrons. The van der Waals surface area contributed by atoms with Crippen LogP contribution in [-0.4, -0.2) is 45.9 Å². The molecule has 1 unspecified atom stereocenters. The van der Waals surface area contributed by atoms with E-state index in [1.807, 2.05) is 11.9 Å². The molecule has 1 aliphatic rings. The van der Waals surface area contributed by atoms with E-state index in [0.717, 1.165) is 24.9 Å². The number of nitrogens with zero attached hydrogens (tertiary/aromatic N) is 1. The number of benzene rings is 1. The highest BCUT2D eigenvalue weighted by Crippen LogP contribution is 2.23. The second kappa shape index (κ2) is 6.98. The number of primary sulfonamides is 1. The summed E-state index contributed by atoms with van der Waals surface area (Å²) in [6.45, 7) is 5.76. The van der Waals surface area contributed by atoms with Crippen LogP contribution in [0.4, 0.5) is 0 Å². The lowest BCUT2D eigenvalue weighted by atomic mass is 9.97. The van der Waals surface area contributed by atoms with Crippen LogP contribution in [0.2, 0.25) is 0 Å². The molecule has 0 aromatic heterocycles. The van der Waals surface area contributed by atoms with Gasteiger partial charge in [-0.05, 0) is 69.5 Å². The smallest absolute Gasteiger partial charge is 0.253 e. The van der Waals surface area contributed by atoms with Gasteiger partial charge in [0.1, 0.15) is 0 Å². The summed E-state index contributed by atoms with van der Waals surface area (Å²) in [4.78, 5) is 14.6. The average Bonchev–Trinajstić information content (AvgIpc) is 2.48. The summed E-state index contributed by atoms with van der Waals surface area (Å²) >= 11 is 0. The summed E-state index contributed by atoms with van der Waals surface area (Å²) in [6.07, 6.45) is 2.06. The van der Waals surface area contributed by atoms with E-state index in [-0.39, 0.29) is 10.8 Å². The molecule has 0 spiro atoms. The Morgan fingerprint density at radius 2 is 2.09 bits per heavy atom. The Labute approximate surface area is 138 Å². The number of nitrogens with two attached hydrogens (primary N) is 1. The van der Waals surface area contributed by atoms with Gasteiger partial charge in [0.2, 0.25) is 10.0 Å². The molecule has 1 fully saturated rings. The SMILES string of the molecule is CNCC1CCCN(C(=O)c2cc(C)c(C)c(S(N)(=O)=O)c2)C1. The van der Waals surface area contributed by atoms with Crippen molar-refractivity contribution in [1.29, 1.82) is 0 Å². The first-order valence-electron chi connectivity index (χ1n) is 7.82. The van der Waals surface area contributed by atoms with Crippen LogP contribution in [0.1, 0.15) is 34.3 Å². The van der Waals surface area contributed by atoms with Crippen molar-refractivity contribution in [2.45, 2.75) is 31.6 Å². The van der Waals surface area contributed by atoms with Gasteiger partial charge in [-0.25, -0.2) is 13.6 Å². The highest BCUT2D eigenvalue weighted by molar-refractivity contribution is 7.89. The molecule has 128 valence electrons. The predicted molar refractivity (Wildman–Crippen MR) is 89.8 cm³/mol. The number of amides is 1. The first-order valence-corrected chi connectivity index (χ1v) is 9.36. The summed E-state index contributed by atoms with van der Waals surface area (Å²) in [5.41, 5.74) is 1.74. The minimum absolute atomic E-state index is 0.0321. The van der Waals surface area contributed by atoms with Crippen LogP contribution >= 0.6 is 0 Å². The van der Waals surface area contributed by atoms with E-state index < -0.39 is 10.0 Å². The molecule has 6 nitrogen and oxygen atoms in total. The molecule has 1 saturated heterocycles. The van der Waals surface area contributed by atoms with Gasteiger partial charge in [0, 0.05) is 18.7 Å². The number of nitrogens with one attached hydrogen (secondary N) is 1. The number of likely N-dealkylation sites (tertiary alicyclic amines) is 1. The number of rotatable bonds is 4. The standard InChI is InChI=1S/C16H25N3O3S/c1-11-7-14(8-15(12(11)2)23(17,21)22)16(20)19-6-4-5-13(10-19)9-18-3/h7-8,13,18H,4-6,9-10H2,1-3H3,(H2,17,21,22). The van der Waals surface area contributed by atoms with E-state index in [1.165, 1.54) is 6.07 Å². The average molecular weight is 339 g/mol. The molecular formula is C16H25N3O3S. The van der Waals surface area contributed by atoms with E-state index in [1.54, 1.807) is 19.9 Å². The Morgan fingerprint density at radius 1 is 1.39 bits per heavy atom. The van der Waals surface area contributed by atoms with Crippen molar-refractivity contribution in [2.24, 2.45) is 11.1 Å². The van der Waals surface area contributed by atoms with Crippen molar-refractivity contribution in [3.05, 3.63) is 28.8 Å². The van der Waals surface area contributed by atoms with Crippen LogP contribution < -0.4 is 10.5 Å². The van der Waals surface area contributed by atoms with Gasteiger partial charge in [0.25, 0.3) is 5.91 Å². The quantitative estimate of drug-likeness (QED) is 0.857. The van der Waals surface area contributed by atoms with Crippen LogP contribution in [0.3, 0.4) is 0 Å². The first kappa shape index (κ1) is 17.9. The van der Waals surface area contributed by atoms with Gasteiger partial charge >= 0.3 is 0 Å². The lowest BCUT2D eigenvalue weighted by Gasteiger charge is -2.33. The van der Waals surface area contributed by atoms with E-state index >= 15 is 0 Å². The summed E-state index contributed by atoms with van der Waals surface area (Å²) in [5.74, 6) is 0.306. The summed E-state index contributed by atoms with van der Waals surface area (Å²) in [6, 6.07) is 3.15. The molecule has 1 amide bonds. The zero-order valence-corrected chi connectivity index (χ0v) is 14.7. The fourth-order valence-corrected chi connectivity index (χ4v) is 4.01. The molecule has 1 heterocycles. The van der Waals surface area contributed by atoms with Crippen molar-refractivity contribution in [1.82, 2.24) is 10.2 Å². The monoisotopic (exact) mass is 339 g/mol. The first-order chi connectivity index (χ1) is 10.7. The highest BCUT2D eigenvalue weighted by atomic mass is 32.2. The molecule has 0 aliphatic carbocycles. The molecule has 0 saturated carbocycles. The minimum atomic E-state index is -3.84. The summed E-state index contributed by atoms with van der Waals surface area (Å²) in [5, 5.41) is 8.42. The van der Waals surface area contributed by atoms with Gasteiger partial charge < -0.3 is 10.2 Å². The number of carbonyl (C=O) groups excluding carboxylic acids is 1. The van der Waals surface area contributed by atoms with E-state index in [9.17, 15) is 13.2 Å². The van der Waals surface area contributed by atoms with Gasteiger partial charge in [-0.15, -0.1) is 0 Å². The topological polar surface area (TPSA) is 92.5 Å². The highest BCUT2D eigenvalue weighted by Gasteiger charge is 2.25. The largest absolute Gasteiger partial charge is 0.338 e. The van der Waals surface area contributed by atoms with Crippen LogP contribution in [0.25, 0.3) is 0 Å². The van der Waals surface area contributed by atoms with Crippen molar-refractivity contribution in [2.75, 3.05) is 26.7 Å². The predicted octanol–water partition coefficient (Wildman–Crippen LogP) is 1.02. The molecule has 0 bridgehead atoms. The Hall–Kier alpha value is -1.44. The Bertz CT molecular complexity index is 699. The number of carbonyl (C=O) groups is 1. The van der Waals surface area contributed by atoms with Gasteiger partial charge in [0.15, 0.2) is 0 Å². The number of piperidine rings is 1. The van der Waals surface area contributed by atoms with Crippen LogP contribution in [-0.2, 0) is 10.0 Å². The van der Waals surface area contributed by atoms with Crippen molar-refractivity contribution in [3.8, 4) is 0 Å². The van der Waals surface area contributed by atoms with Gasteiger partial charge in [0.05, 0.1) is 4.90 Å². The van der Waals surface area contributed by atoms with Crippen LogP contribution in [0.15, 0.2) is 17.0 Å². The molecule has 3 N–H and O–H groups in total. The zero-order chi connectivity index (χ0) is 17.2. The molecule has 7 heteroatoms. The van der Waals surface area contributed by atoms with Crippen LogP contribution in [0, 0.1) is 19.8 Å². The molecule has 23 heavy (non-hydrogen) atoms. The maximum absolute atomic E-state index is 12.8. The Balaban J connectivity index is 2.31. The van der Waals surface area contributed by atoms with Gasteiger partial charge in [-0.1, -0.05) is 0 Å². The number of hydrogen-bond donors (Lipinski definition) is 2. The maximum atomic E-state index is 12.8. The number of hydrogen-bond acceptors (Lipinski definition) is 4. The third kappa shape index (κ3) is 4.10. The fourth-order valence-electron chi connectivity index (χ4n) is 3.13. The molecule has 1 aromatic rings. The van der Waals surface area contributed by atoms with Crippen molar-refractivity contribution in [3.63, 3.8) is 0 Å². The second-order valence-corrected chi connectivity index (χ2v) is 7.81. The Kier molecular flexibility index (Phi) is 5.44. The fraction of sp³-hybridized carbons (Fsp3) is 0.562. The third-order valence-electron chi connectivity index (χ3n) is 4.47. The second-order valence-electron chi connectivity index (χ2n) is 6.28. The van der Waals surface area contributed by atoms with Crippen molar-refractivity contribution >= 4 is 15.9 Å². The molecular weight excluding hydrogens is 314 g/mol. The van der Waals surface area contributed by atoms with E-state index in [0.29, 0.717) is 30.1 Å². The van der Waals surface area contributed by atoms with Gasteiger partial charge in [-0.3, -0.25) is 4.79 Å². The zero-order valence-electron chi connectivity index (χ0n) is 13.9. The van der Waals surface area contributed by atoms with E-state index in [4.69, 9.17) is 5.14 Å². The van der Waals surface area contributed by atoms with Crippen LogP contribution in [0.5, 0.6) is 0 Å². The molecule has 2 rings (SSSR count). The normalized spacial score (nSPS) is 19.0. The Morgan fingerprint density at radius 3 is 2.70 bits per heavy atom. The maximum Gasteiger partial charge on any atom is 0.253 e. The minimum Gasteiger partial charge on any atom is -0.338 e. The van der Waals surface area contributed by atoms with E-state index in [2.05, 4.69) is 5.32 Å². The van der Waals surface area contributed by atoms with Crippen molar-refractivity contribution < 1.29 is 13.2 Å². The lowest BCUT2D eigenvalue weighted by Crippen LogP contribution is -2.42. The number of aryl methyl sites for hydroxylation is 1. The third-order valence-corrected chi connectivity index (χ3v) is 5.51. The molecule has 1 aliphatic heterocycles.